The minimum Gasteiger partial charge on any atom is -0.504 e. The number of aryl methyl sites for hydroxylation is 1. The maximum atomic E-state index is 12.4. The van der Waals surface area contributed by atoms with E-state index in [1.807, 2.05) is 6.92 Å². The molecule has 0 unspecified atom stereocenters. The van der Waals surface area contributed by atoms with Crippen molar-refractivity contribution >= 4 is 23.5 Å². The average Bonchev–Trinajstić information content (AvgIpc) is 2.78. The van der Waals surface area contributed by atoms with Gasteiger partial charge < -0.3 is 14.6 Å². The van der Waals surface area contributed by atoms with Gasteiger partial charge in [0.05, 0.1) is 12.7 Å². The molecule has 1 N–H and O–H groups in total. The lowest BCUT2D eigenvalue weighted by molar-refractivity contribution is 0.101. The molecule has 5 heteroatoms. The average molecular weight is 317 g/mol. The minimum atomic E-state index is -0.219. The molecule has 1 aliphatic rings. The minimum absolute atomic E-state index is 0.0361. The number of ether oxygens (including phenoxy) is 2. The Labute approximate surface area is 132 Å². The van der Waals surface area contributed by atoms with Crippen molar-refractivity contribution in [1.82, 2.24) is 0 Å². The molecule has 1 aliphatic heterocycles. The fourth-order valence-corrected chi connectivity index (χ4v) is 2.41. The van der Waals surface area contributed by atoms with Gasteiger partial charge in [-0.1, -0.05) is 17.7 Å². The van der Waals surface area contributed by atoms with Gasteiger partial charge in [0, 0.05) is 5.02 Å². The number of rotatable bonds is 2. The van der Waals surface area contributed by atoms with Crippen LogP contribution in [0.2, 0.25) is 5.02 Å². The van der Waals surface area contributed by atoms with Gasteiger partial charge in [-0.05, 0) is 48.4 Å². The summed E-state index contributed by atoms with van der Waals surface area (Å²) in [6.45, 7) is 1.85. The summed E-state index contributed by atoms with van der Waals surface area (Å²) in [5.41, 5.74) is 1.99. The number of hydrogen-bond donors (Lipinski definition) is 1. The molecule has 3 rings (SSSR count). The third-order valence-electron chi connectivity index (χ3n) is 3.45. The summed E-state index contributed by atoms with van der Waals surface area (Å²) in [4.78, 5) is 12.4. The van der Waals surface area contributed by atoms with Crippen LogP contribution in [0.4, 0.5) is 0 Å². The number of Topliss-reactive ketones (excluding diaryl/α,β-unsaturated/α-hetero) is 1. The molecule has 0 aromatic heterocycles. The Morgan fingerprint density at radius 1 is 1.27 bits per heavy atom. The fourth-order valence-electron chi connectivity index (χ4n) is 2.24. The topological polar surface area (TPSA) is 55.8 Å². The van der Waals surface area contributed by atoms with Gasteiger partial charge in [-0.15, -0.1) is 0 Å². The highest BCUT2D eigenvalue weighted by atomic mass is 35.5. The predicted molar refractivity (Wildman–Crippen MR) is 83.8 cm³/mol. The van der Waals surface area contributed by atoms with Crippen LogP contribution < -0.4 is 9.47 Å². The molecule has 0 saturated heterocycles. The molecule has 0 amide bonds. The van der Waals surface area contributed by atoms with Crippen molar-refractivity contribution in [2.45, 2.75) is 6.92 Å². The number of benzene rings is 2. The summed E-state index contributed by atoms with van der Waals surface area (Å²) < 4.78 is 10.7. The Morgan fingerprint density at radius 2 is 2.05 bits per heavy atom. The lowest BCUT2D eigenvalue weighted by Gasteiger charge is -2.04. The highest BCUT2D eigenvalue weighted by Crippen LogP contribution is 2.36. The molecular formula is C17H13ClO4. The summed E-state index contributed by atoms with van der Waals surface area (Å²) in [6.07, 6.45) is 1.60. The third kappa shape index (κ3) is 2.42. The van der Waals surface area contributed by atoms with Crippen LogP contribution in [-0.4, -0.2) is 18.0 Å². The van der Waals surface area contributed by atoms with E-state index in [4.69, 9.17) is 21.1 Å². The maximum Gasteiger partial charge on any atom is 0.232 e. The first kappa shape index (κ1) is 14.5. The van der Waals surface area contributed by atoms with Crippen molar-refractivity contribution in [3.63, 3.8) is 0 Å². The van der Waals surface area contributed by atoms with Crippen molar-refractivity contribution < 1.29 is 19.4 Å². The zero-order valence-electron chi connectivity index (χ0n) is 12.0. The van der Waals surface area contributed by atoms with Gasteiger partial charge in [0.25, 0.3) is 0 Å². The lowest BCUT2D eigenvalue weighted by atomic mass is 10.1. The molecule has 2 aromatic rings. The third-order valence-corrected chi connectivity index (χ3v) is 3.86. The molecule has 0 atom stereocenters. The molecule has 4 nitrogen and oxygen atoms in total. The second-order valence-electron chi connectivity index (χ2n) is 4.97. The van der Waals surface area contributed by atoms with Crippen LogP contribution in [0.5, 0.6) is 17.2 Å². The first-order valence-corrected chi connectivity index (χ1v) is 6.99. The van der Waals surface area contributed by atoms with E-state index in [9.17, 15) is 9.90 Å². The molecule has 0 aliphatic carbocycles. The predicted octanol–water partition coefficient (Wildman–Crippen LogP) is 3.98. The molecule has 2 aromatic carbocycles. The largest absolute Gasteiger partial charge is 0.504 e. The van der Waals surface area contributed by atoms with Gasteiger partial charge in [-0.3, -0.25) is 4.79 Å². The molecule has 112 valence electrons. The summed E-state index contributed by atoms with van der Waals surface area (Å²) in [7, 11) is 1.46. The second kappa shape index (κ2) is 5.39. The van der Waals surface area contributed by atoms with E-state index in [-0.39, 0.29) is 17.3 Å². The number of ketones is 1. The Balaban J connectivity index is 1.99. The van der Waals surface area contributed by atoms with E-state index in [0.29, 0.717) is 27.6 Å². The van der Waals surface area contributed by atoms with Gasteiger partial charge in [0.15, 0.2) is 17.3 Å². The van der Waals surface area contributed by atoms with E-state index in [1.54, 1.807) is 30.3 Å². The molecular weight excluding hydrogens is 304 g/mol. The highest BCUT2D eigenvalue weighted by Gasteiger charge is 2.28. The van der Waals surface area contributed by atoms with Crippen LogP contribution in [0, 0.1) is 6.92 Å². The monoisotopic (exact) mass is 316 g/mol. The summed E-state index contributed by atoms with van der Waals surface area (Å²) in [5, 5.41) is 10.1. The quantitative estimate of drug-likeness (QED) is 0.851. The summed E-state index contributed by atoms with van der Waals surface area (Å²) in [5.74, 6) is 0.863. The van der Waals surface area contributed by atoms with Crippen LogP contribution in [0.3, 0.4) is 0 Å². The normalized spacial score (nSPS) is 14.9. The molecule has 0 radical (unpaired) electrons. The molecule has 0 saturated carbocycles. The first-order chi connectivity index (χ1) is 10.5. The number of phenols is 1. The van der Waals surface area contributed by atoms with Crippen molar-refractivity contribution in [3.8, 4) is 17.2 Å². The molecule has 0 fully saturated rings. The van der Waals surface area contributed by atoms with Crippen LogP contribution in [0.1, 0.15) is 21.5 Å². The van der Waals surface area contributed by atoms with E-state index in [0.717, 1.165) is 5.56 Å². The number of carbonyl (C=O) groups is 1. The Hall–Kier alpha value is -2.46. The molecule has 22 heavy (non-hydrogen) atoms. The summed E-state index contributed by atoms with van der Waals surface area (Å²) >= 11 is 6.05. The van der Waals surface area contributed by atoms with E-state index >= 15 is 0 Å². The highest BCUT2D eigenvalue weighted by molar-refractivity contribution is 6.32. The lowest BCUT2D eigenvalue weighted by Crippen LogP contribution is -1.98. The van der Waals surface area contributed by atoms with Gasteiger partial charge >= 0.3 is 0 Å². The number of methoxy groups -OCH3 is 1. The van der Waals surface area contributed by atoms with E-state index in [1.165, 1.54) is 13.2 Å². The number of fused-ring (bicyclic) bond motifs is 1. The van der Waals surface area contributed by atoms with Gasteiger partial charge in [-0.2, -0.15) is 0 Å². The number of hydrogen-bond acceptors (Lipinski definition) is 4. The molecule has 0 spiro atoms. The first-order valence-electron chi connectivity index (χ1n) is 6.61. The maximum absolute atomic E-state index is 12.4. The number of carbonyl (C=O) groups excluding carboxylic acids is 1. The van der Waals surface area contributed by atoms with Crippen molar-refractivity contribution in [2.24, 2.45) is 0 Å². The Morgan fingerprint density at radius 3 is 2.77 bits per heavy atom. The Kier molecular flexibility index (Phi) is 3.54. The van der Waals surface area contributed by atoms with Crippen molar-refractivity contribution in [3.05, 3.63) is 57.8 Å². The van der Waals surface area contributed by atoms with Crippen LogP contribution >= 0.6 is 11.6 Å². The molecule has 1 heterocycles. The van der Waals surface area contributed by atoms with Crippen LogP contribution in [-0.2, 0) is 0 Å². The smallest absolute Gasteiger partial charge is 0.232 e. The fraction of sp³-hybridized carbons (Fsp3) is 0.118. The number of allylic oxidation sites excluding steroid dienone is 1. The zero-order valence-corrected chi connectivity index (χ0v) is 12.8. The van der Waals surface area contributed by atoms with Crippen LogP contribution in [0.15, 0.2) is 36.1 Å². The van der Waals surface area contributed by atoms with Gasteiger partial charge in [0.1, 0.15) is 5.75 Å². The van der Waals surface area contributed by atoms with E-state index in [2.05, 4.69) is 0 Å². The van der Waals surface area contributed by atoms with E-state index < -0.39 is 0 Å². The van der Waals surface area contributed by atoms with Crippen LogP contribution in [0.25, 0.3) is 6.08 Å². The zero-order chi connectivity index (χ0) is 15.9. The summed E-state index contributed by atoms with van der Waals surface area (Å²) in [6, 6.07) is 8.16. The SMILES string of the molecule is COc1cc(/C=C2\Oc3cc(C)c(Cl)cc3C2=O)ccc1O. The standard InChI is InChI=1S/C17H13ClO4/c1-9-5-14-11(8-12(9)18)17(20)16(22-14)7-10-3-4-13(19)15(6-10)21-2/h3-8,19H,1-2H3/b16-7-. The van der Waals surface area contributed by atoms with Crippen molar-refractivity contribution in [1.29, 1.82) is 0 Å². The Bertz CT molecular complexity index is 809. The number of phenolic OH excluding ortho intramolecular Hbond substituents is 1. The van der Waals surface area contributed by atoms with Gasteiger partial charge in [-0.25, -0.2) is 0 Å². The molecule has 0 bridgehead atoms. The van der Waals surface area contributed by atoms with Gasteiger partial charge in [0.2, 0.25) is 5.78 Å². The number of halogens is 1. The second-order valence-corrected chi connectivity index (χ2v) is 5.38. The van der Waals surface area contributed by atoms with Crippen molar-refractivity contribution in [2.75, 3.05) is 7.11 Å². The number of aromatic hydroxyl groups is 1.